The van der Waals surface area contributed by atoms with Crippen LogP contribution in [0.25, 0.3) is 0 Å². The molecule has 27 heavy (non-hydrogen) atoms. The Hall–Kier alpha value is -1.43. The summed E-state index contributed by atoms with van der Waals surface area (Å²) < 4.78 is 5.46. The molecule has 0 spiro atoms. The number of ether oxygens (including phenoxy) is 1. The molecule has 1 aliphatic carbocycles. The molecule has 2 fully saturated rings. The summed E-state index contributed by atoms with van der Waals surface area (Å²) in [6.07, 6.45) is 5.90. The highest BCUT2D eigenvalue weighted by Crippen LogP contribution is 2.31. The lowest BCUT2D eigenvalue weighted by molar-refractivity contribution is 0.0238. The van der Waals surface area contributed by atoms with Gasteiger partial charge in [0, 0.05) is 25.2 Å². The number of aliphatic hydroxyl groups is 1. The van der Waals surface area contributed by atoms with Crippen molar-refractivity contribution in [2.24, 2.45) is 0 Å². The number of aryl methyl sites for hydroxylation is 1. The van der Waals surface area contributed by atoms with Crippen LogP contribution in [0.2, 0.25) is 0 Å². The molecule has 0 radical (unpaired) electrons. The molecule has 0 bridgehead atoms. The molecule has 1 amide bonds. The van der Waals surface area contributed by atoms with E-state index in [9.17, 15) is 9.90 Å². The second kappa shape index (κ2) is 8.72. The Morgan fingerprint density at radius 1 is 1.26 bits per heavy atom. The van der Waals surface area contributed by atoms with Gasteiger partial charge in [0.15, 0.2) is 0 Å². The maximum absolute atomic E-state index is 13.0. The van der Waals surface area contributed by atoms with Crippen molar-refractivity contribution in [1.82, 2.24) is 10.2 Å². The molecule has 5 heteroatoms. The van der Waals surface area contributed by atoms with Gasteiger partial charge in [-0.2, -0.15) is 0 Å². The third kappa shape index (κ3) is 6.03. The molecule has 0 aromatic heterocycles. The molecule has 0 unspecified atom stereocenters. The fourth-order valence-electron chi connectivity index (χ4n) is 4.19. The molecule has 2 aliphatic rings. The van der Waals surface area contributed by atoms with Crippen LogP contribution in [0, 0.1) is 0 Å². The van der Waals surface area contributed by atoms with Crippen LogP contribution in [0.15, 0.2) is 24.3 Å². The summed E-state index contributed by atoms with van der Waals surface area (Å²) in [5, 5.41) is 13.3. The number of morpholine rings is 1. The summed E-state index contributed by atoms with van der Waals surface area (Å²) in [7, 11) is 0. The molecule has 0 atom stereocenters. The van der Waals surface area contributed by atoms with Gasteiger partial charge in [0.05, 0.1) is 24.4 Å². The van der Waals surface area contributed by atoms with E-state index in [1.54, 1.807) is 0 Å². The summed E-state index contributed by atoms with van der Waals surface area (Å²) >= 11 is 0. The zero-order chi connectivity index (χ0) is 19.3. The van der Waals surface area contributed by atoms with Gasteiger partial charge in [0.1, 0.15) is 0 Å². The molecule has 1 aromatic carbocycles. The van der Waals surface area contributed by atoms with Crippen LogP contribution >= 0.6 is 0 Å². The summed E-state index contributed by atoms with van der Waals surface area (Å²) in [4.78, 5) is 15.4. The molecule has 150 valence electrons. The molecular weight excluding hydrogens is 340 g/mol. The minimum atomic E-state index is -0.690. The van der Waals surface area contributed by atoms with Crippen LogP contribution in [0.1, 0.15) is 61.9 Å². The number of nitrogens with zero attached hydrogens (tertiary/aromatic N) is 1. The largest absolute Gasteiger partial charge is 0.390 e. The van der Waals surface area contributed by atoms with E-state index in [0.29, 0.717) is 6.42 Å². The molecule has 1 saturated carbocycles. The van der Waals surface area contributed by atoms with Gasteiger partial charge in [-0.1, -0.05) is 25.0 Å². The fraction of sp³-hybridized carbons (Fsp3) is 0.682. The van der Waals surface area contributed by atoms with E-state index in [4.69, 9.17) is 4.74 Å². The van der Waals surface area contributed by atoms with Gasteiger partial charge in [-0.3, -0.25) is 9.69 Å². The Morgan fingerprint density at radius 3 is 2.63 bits per heavy atom. The van der Waals surface area contributed by atoms with Crippen molar-refractivity contribution >= 4 is 5.91 Å². The maximum atomic E-state index is 13.0. The molecule has 1 saturated heterocycles. The highest BCUT2D eigenvalue weighted by atomic mass is 16.5. The first-order valence-electron chi connectivity index (χ1n) is 10.3. The third-order valence-electron chi connectivity index (χ3n) is 5.78. The van der Waals surface area contributed by atoms with Gasteiger partial charge in [0.2, 0.25) is 0 Å². The second-order valence-corrected chi connectivity index (χ2v) is 8.84. The standard InChI is InChI=1S/C22H34N2O3/c1-21(2,26)11-8-18-6-5-7-19(16-18)20(25)23-22(9-3-4-10-22)17-24-12-14-27-15-13-24/h5-7,16,26H,3-4,8-15,17H2,1-2H3,(H,23,25). The number of hydrogen-bond donors (Lipinski definition) is 2. The monoisotopic (exact) mass is 374 g/mol. The lowest BCUT2D eigenvalue weighted by atomic mass is 9.94. The first-order valence-corrected chi connectivity index (χ1v) is 10.3. The van der Waals surface area contributed by atoms with Gasteiger partial charge >= 0.3 is 0 Å². The zero-order valence-corrected chi connectivity index (χ0v) is 16.8. The average molecular weight is 375 g/mol. The lowest BCUT2D eigenvalue weighted by Gasteiger charge is -2.37. The number of carbonyl (C=O) groups excluding carboxylic acids is 1. The van der Waals surface area contributed by atoms with Crippen LogP contribution in [-0.4, -0.2) is 59.9 Å². The van der Waals surface area contributed by atoms with E-state index >= 15 is 0 Å². The Labute approximate surface area is 163 Å². The van der Waals surface area contributed by atoms with Crippen molar-refractivity contribution in [3.63, 3.8) is 0 Å². The average Bonchev–Trinajstić information content (AvgIpc) is 3.08. The second-order valence-electron chi connectivity index (χ2n) is 8.84. The van der Waals surface area contributed by atoms with E-state index in [2.05, 4.69) is 10.2 Å². The molecule has 2 N–H and O–H groups in total. The quantitative estimate of drug-likeness (QED) is 0.770. The van der Waals surface area contributed by atoms with Crippen LogP contribution in [0.5, 0.6) is 0 Å². The first kappa shape index (κ1) is 20.3. The summed E-state index contributed by atoms with van der Waals surface area (Å²) in [6.45, 7) is 8.02. The van der Waals surface area contributed by atoms with Gasteiger partial charge in [-0.05, 0) is 57.2 Å². The topological polar surface area (TPSA) is 61.8 Å². The molecular formula is C22H34N2O3. The van der Waals surface area contributed by atoms with Crippen molar-refractivity contribution in [3.8, 4) is 0 Å². The van der Waals surface area contributed by atoms with Crippen molar-refractivity contribution in [3.05, 3.63) is 35.4 Å². The van der Waals surface area contributed by atoms with E-state index in [-0.39, 0.29) is 11.4 Å². The minimum absolute atomic E-state index is 0.0234. The summed E-state index contributed by atoms with van der Waals surface area (Å²) in [5.74, 6) is 0.0234. The zero-order valence-electron chi connectivity index (χ0n) is 16.8. The van der Waals surface area contributed by atoms with Gasteiger partial charge in [0.25, 0.3) is 5.91 Å². The third-order valence-corrected chi connectivity index (χ3v) is 5.78. The lowest BCUT2D eigenvalue weighted by Crippen LogP contribution is -2.55. The number of benzene rings is 1. The van der Waals surface area contributed by atoms with Gasteiger partial charge in [-0.25, -0.2) is 0 Å². The summed E-state index contributed by atoms with van der Waals surface area (Å²) in [5.41, 5.74) is 1.01. The fourth-order valence-corrected chi connectivity index (χ4v) is 4.19. The van der Waals surface area contributed by atoms with Gasteiger partial charge in [-0.15, -0.1) is 0 Å². The minimum Gasteiger partial charge on any atom is -0.390 e. The van der Waals surface area contributed by atoms with E-state index in [1.165, 1.54) is 12.8 Å². The number of carbonyl (C=O) groups is 1. The number of rotatable bonds is 7. The maximum Gasteiger partial charge on any atom is 0.251 e. The van der Waals surface area contributed by atoms with Crippen molar-refractivity contribution in [1.29, 1.82) is 0 Å². The molecule has 3 rings (SSSR count). The normalized spacial score (nSPS) is 20.6. The van der Waals surface area contributed by atoms with Crippen LogP contribution < -0.4 is 5.32 Å². The van der Waals surface area contributed by atoms with Crippen molar-refractivity contribution in [2.45, 2.75) is 63.5 Å². The number of hydrogen-bond acceptors (Lipinski definition) is 4. The van der Waals surface area contributed by atoms with Gasteiger partial charge < -0.3 is 15.2 Å². The van der Waals surface area contributed by atoms with Crippen molar-refractivity contribution in [2.75, 3.05) is 32.8 Å². The Balaban J connectivity index is 1.65. The summed E-state index contributed by atoms with van der Waals surface area (Å²) in [6, 6.07) is 7.83. The SMILES string of the molecule is CC(C)(O)CCc1cccc(C(=O)NC2(CN3CCOCC3)CCCC2)c1. The molecule has 5 nitrogen and oxygen atoms in total. The van der Waals surface area contributed by atoms with Crippen molar-refractivity contribution < 1.29 is 14.6 Å². The predicted octanol–water partition coefficient (Wildman–Crippen LogP) is 2.76. The van der Waals surface area contributed by atoms with E-state index in [1.807, 2.05) is 38.1 Å². The molecule has 1 heterocycles. The van der Waals surface area contributed by atoms with E-state index < -0.39 is 5.60 Å². The Morgan fingerprint density at radius 2 is 1.96 bits per heavy atom. The predicted molar refractivity (Wildman–Crippen MR) is 107 cm³/mol. The Kier molecular flexibility index (Phi) is 6.56. The number of nitrogens with one attached hydrogen (secondary N) is 1. The van der Waals surface area contributed by atoms with Crippen LogP contribution in [-0.2, 0) is 11.2 Å². The number of amides is 1. The first-order chi connectivity index (χ1) is 12.9. The molecule has 1 aromatic rings. The highest BCUT2D eigenvalue weighted by Gasteiger charge is 2.37. The van der Waals surface area contributed by atoms with Crippen LogP contribution in [0.3, 0.4) is 0 Å². The van der Waals surface area contributed by atoms with E-state index in [0.717, 1.165) is 63.2 Å². The Bertz CT molecular complexity index is 627. The smallest absolute Gasteiger partial charge is 0.251 e. The highest BCUT2D eigenvalue weighted by molar-refractivity contribution is 5.94. The van der Waals surface area contributed by atoms with Crippen LogP contribution in [0.4, 0.5) is 0 Å². The molecule has 1 aliphatic heterocycles.